The largest absolute Gasteiger partial charge is 0.383 e. The fourth-order valence-electron chi connectivity index (χ4n) is 4.01. The van der Waals surface area contributed by atoms with Crippen LogP contribution in [0.1, 0.15) is 18.4 Å². The van der Waals surface area contributed by atoms with Crippen LogP contribution in [0.2, 0.25) is 0 Å². The molecule has 1 aliphatic heterocycles. The first-order valence-corrected chi connectivity index (χ1v) is 10.4. The van der Waals surface area contributed by atoms with E-state index in [-0.39, 0.29) is 18.4 Å². The van der Waals surface area contributed by atoms with Crippen molar-refractivity contribution in [1.29, 1.82) is 0 Å². The summed E-state index contributed by atoms with van der Waals surface area (Å²) < 4.78 is 13.1. The molecule has 2 fully saturated rings. The molecule has 3 atom stereocenters. The van der Waals surface area contributed by atoms with E-state index in [4.69, 9.17) is 11.5 Å². The highest BCUT2D eigenvalue weighted by atomic mass is 19.1. The fraction of sp³-hybridized carbons (Fsp3) is 0.364. The molecule has 2 aliphatic rings. The number of carbonyl (C=O) groups is 1. The third kappa shape index (κ3) is 3.76. The Balaban J connectivity index is 1.46. The Labute approximate surface area is 178 Å². The highest BCUT2D eigenvalue weighted by Crippen LogP contribution is 2.35. The van der Waals surface area contributed by atoms with Crippen molar-refractivity contribution in [3.63, 3.8) is 0 Å². The van der Waals surface area contributed by atoms with Gasteiger partial charge in [0.1, 0.15) is 23.6 Å². The quantitative estimate of drug-likeness (QED) is 0.591. The molecule has 1 saturated heterocycles. The summed E-state index contributed by atoms with van der Waals surface area (Å²) in [4.78, 5) is 27.6. The number of halogens is 1. The van der Waals surface area contributed by atoms with Crippen LogP contribution in [0.4, 0.5) is 21.8 Å². The molecule has 0 radical (unpaired) electrons. The number of nitrogen functional groups attached to an aromatic ring is 1. The van der Waals surface area contributed by atoms with E-state index < -0.39 is 12.1 Å². The van der Waals surface area contributed by atoms with Gasteiger partial charge in [0.25, 0.3) is 0 Å². The Kier molecular flexibility index (Phi) is 4.70. The van der Waals surface area contributed by atoms with Crippen molar-refractivity contribution in [3.05, 3.63) is 36.2 Å². The lowest BCUT2D eigenvalue weighted by Crippen LogP contribution is -2.26. The number of fused-ring (bicyclic) bond motifs is 1. The maximum atomic E-state index is 13.1. The second-order valence-electron chi connectivity index (χ2n) is 8.38. The van der Waals surface area contributed by atoms with Crippen molar-refractivity contribution < 1.29 is 9.18 Å². The number of carbonyl (C=O) groups excluding carboxylic acids is 1. The summed E-state index contributed by atoms with van der Waals surface area (Å²) in [5.74, 6) is 0.692. The first kappa shape index (κ1) is 19.6. The van der Waals surface area contributed by atoms with Crippen LogP contribution in [-0.2, 0) is 4.79 Å². The first-order chi connectivity index (χ1) is 14.9. The van der Waals surface area contributed by atoms with Gasteiger partial charge in [0.05, 0.1) is 11.6 Å². The van der Waals surface area contributed by atoms with Gasteiger partial charge >= 0.3 is 0 Å². The molecule has 3 aromatic rings. The summed E-state index contributed by atoms with van der Waals surface area (Å²) in [6, 6.07) is 5.85. The molecule has 0 bridgehead atoms. The average Bonchev–Trinajstić information content (AvgIpc) is 3.31. The number of alkyl halides is 1. The Morgan fingerprint density at radius 1 is 1.26 bits per heavy atom. The average molecular weight is 421 g/mol. The molecule has 5 rings (SSSR count). The normalized spacial score (nSPS) is 22.7. The molecule has 8 nitrogen and oxygen atoms in total. The van der Waals surface area contributed by atoms with E-state index in [9.17, 15) is 9.18 Å². The minimum Gasteiger partial charge on any atom is -0.383 e. The summed E-state index contributed by atoms with van der Waals surface area (Å²) in [6.07, 6.45) is 3.56. The van der Waals surface area contributed by atoms with Crippen molar-refractivity contribution in [1.82, 2.24) is 15.0 Å². The molecule has 0 aromatic carbocycles. The smallest absolute Gasteiger partial charge is 0.231 e. The monoisotopic (exact) mass is 421 g/mol. The van der Waals surface area contributed by atoms with Gasteiger partial charge < -0.3 is 21.7 Å². The minimum atomic E-state index is -1.05. The maximum absolute atomic E-state index is 13.1. The number of rotatable bonds is 4. The van der Waals surface area contributed by atoms with Crippen LogP contribution in [0.3, 0.4) is 0 Å². The topological polar surface area (TPSA) is 123 Å². The van der Waals surface area contributed by atoms with Crippen molar-refractivity contribution in [2.24, 2.45) is 11.7 Å². The van der Waals surface area contributed by atoms with Gasteiger partial charge in [-0.2, -0.15) is 0 Å². The van der Waals surface area contributed by atoms with Crippen LogP contribution in [0.25, 0.3) is 22.0 Å². The van der Waals surface area contributed by atoms with Crippen LogP contribution in [0, 0.1) is 12.8 Å². The Hall–Kier alpha value is -3.33. The summed E-state index contributed by atoms with van der Waals surface area (Å²) in [6.45, 7) is 3.72. The molecule has 4 heterocycles. The predicted octanol–water partition coefficient (Wildman–Crippen LogP) is 2.42. The molecule has 3 aromatic heterocycles. The first-order valence-electron chi connectivity index (χ1n) is 10.4. The van der Waals surface area contributed by atoms with Crippen molar-refractivity contribution in [3.8, 4) is 11.3 Å². The number of anilines is 3. The number of aromatic nitrogens is 3. The van der Waals surface area contributed by atoms with Gasteiger partial charge in [-0.15, -0.1) is 0 Å². The minimum absolute atomic E-state index is 0.183. The summed E-state index contributed by atoms with van der Waals surface area (Å²) in [5, 5.41) is 4.15. The van der Waals surface area contributed by atoms with Gasteiger partial charge in [0.15, 0.2) is 0 Å². The van der Waals surface area contributed by atoms with E-state index in [1.54, 1.807) is 18.5 Å². The van der Waals surface area contributed by atoms with E-state index in [0.717, 1.165) is 41.8 Å². The molecule has 160 valence electrons. The van der Waals surface area contributed by atoms with Crippen molar-refractivity contribution in [2.75, 3.05) is 29.0 Å². The molecule has 0 spiro atoms. The Morgan fingerprint density at radius 2 is 2.06 bits per heavy atom. The Morgan fingerprint density at radius 3 is 2.74 bits per heavy atom. The third-order valence-electron chi connectivity index (χ3n) is 5.97. The SMILES string of the molecule is Cc1cc(N2CC[C@H](N)C2)ncc1-c1cc2cc(NC(=O)[C@@H]3C[C@@H]3F)ncc2c(N)n1. The van der Waals surface area contributed by atoms with Crippen LogP contribution in [0.15, 0.2) is 30.6 Å². The summed E-state index contributed by atoms with van der Waals surface area (Å²) in [5.41, 5.74) is 14.8. The van der Waals surface area contributed by atoms with Crippen LogP contribution >= 0.6 is 0 Å². The number of hydrogen-bond acceptors (Lipinski definition) is 7. The molecule has 1 saturated carbocycles. The zero-order valence-electron chi connectivity index (χ0n) is 17.2. The molecule has 9 heteroatoms. The molecule has 0 unspecified atom stereocenters. The molecule has 5 N–H and O–H groups in total. The van der Waals surface area contributed by atoms with Gasteiger partial charge in [-0.3, -0.25) is 4.79 Å². The van der Waals surface area contributed by atoms with E-state index in [2.05, 4.69) is 25.2 Å². The highest BCUT2D eigenvalue weighted by Gasteiger charge is 2.43. The number of pyridine rings is 3. The van der Waals surface area contributed by atoms with Gasteiger partial charge in [-0.25, -0.2) is 19.3 Å². The molecular weight excluding hydrogens is 397 g/mol. The second-order valence-corrected chi connectivity index (χ2v) is 8.38. The zero-order valence-corrected chi connectivity index (χ0v) is 17.2. The van der Waals surface area contributed by atoms with Crippen LogP contribution in [-0.4, -0.2) is 46.2 Å². The molecule has 1 aliphatic carbocycles. The molecule has 31 heavy (non-hydrogen) atoms. The lowest BCUT2D eigenvalue weighted by Gasteiger charge is -2.18. The lowest BCUT2D eigenvalue weighted by molar-refractivity contribution is -0.117. The summed E-state index contributed by atoms with van der Waals surface area (Å²) >= 11 is 0. The van der Waals surface area contributed by atoms with Gasteiger partial charge in [0, 0.05) is 42.5 Å². The van der Waals surface area contributed by atoms with Crippen molar-refractivity contribution in [2.45, 2.75) is 32.0 Å². The maximum Gasteiger partial charge on any atom is 0.231 e. The standard InChI is InChI=1S/C22H24FN7O/c1-11-4-20(30-3-2-13(24)10-30)27-8-15(11)18-5-12-6-19(26-9-16(12)21(25)28-18)29-22(31)14-7-17(14)23/h4-6,8-9,13-14,17H,2-3,7,10,24H2,1H3,(H2,25,28)(H,26,29,31)/t13-,14+,17-/m0/s1. The van der Waals surface area contributed by atoms with Gasteiger partial charge in [-0.05, 0) is 48.9 Å². The van der Waals surface area contributed by atoms with Gasteiger partial charge in [0.2, 0.25) is 5.91 Å². The van der Waals surface area contributed by atoms with Crippen molar-refractivity contribution >= 4 is 34.1 Å². The molecule has 1 amide bonds. The van der Waals surface area contributed by atoms with E-state index in [0.29, 0.717) is 22.7 Å². The van der Waals surface area contributed by atoms with Crippen LogP contribution < -0.4 is 21.7 Å². The molecular formula is C22H24FN7O. The number of nitrogens with one attached hydrogen (secondary N) is 1. The second kappa shape index (κ2) is 7.42. The number of aryl methyl sites for hydroxylation is 1. The zero-order chi connectivity index (χ0) is 21.7. The predicted molar refractivity (Wildman–Crippen MR) is 118 cm³/mol. The van der Waals surface area contributed by atoms with Crippen LogP contribution in [0.5, 0.6) is 0 Å². The van der Waals surface area contributed by atoms with Gasteiger partial charge in [-0.1, -0.05) is 0 Å². The van der Waals surface area contributed by atoms with E-state index >= 15 is 0 Å². The van der Waals surface area contributed by atoms with E-state index in [1.807, 2.05) is 19.1 Å². The Bertz CT molecular complexity index is 1180. The number of hydrogen-bond donors (Lipinski definition) is 3. The number of nitrogens with zero attached hydrogens (tertiary/aromatic N) is 4. The third-order valence-corrected chi connectivity index (χ3v) is 5.97. The highest BCUT2D eigenvalue weighted by molar-refractivity contribution is 5.98. The fourth-order valence-corrected chi connectivity index (χ4v) is 4.01. The number of amides is 1. The lowest BCUT2D eigenvalue weighted by atomic mass is 10.1. The summed E-state index contributed by atoms with van der Waals surface area (Å²) in [7, 11) is 0. The van der Waals surface area contributed by atoms with E-state index in [1.165, 1.54) is 0 Å². The number of nitrogens with two attached hydrogens (primary N) is 2.